The number of fused-ring (bicyclic) bond motifs is 1. The third-order valence-corrected chi connectivity index (χ3v) is 4.25. The van der Waals surface area contributed by atoms with Gasteiger partial charge in [-0.25, -0.2) is 4.98 Å². The quantitative estimate of drug-likeness (QED) is 0.616. The van der Waals surface area contributed by atoms with E-state index in [1.807, 2.05) is 12.1 Å². The molecule has 1 heterocycles. The summed E-state index contributed by atoms with van der Waals surface area (Å²) in [7, 11) is 4.61. The number of methoxy groups -OCH3 is 3. The van der Waals surface area contributed by atoms with Crippen molar-refractivity contribution in [2.24, 2.45) is 0 Å². The second kappa shape index (κ2) is 8.63. The van der Waals surface area contributed by atoms with Gasteiger partial charge in [0.2, 0.25) is 11.7 Å². The number of halogens is 1. The summed E-state index contributed by atoms with van der Waals surface area (Å²) in [6.07, 6.45) is 3.06. The number of pyridine rings is 1. The predicted molar refractivity (Wildman–Crippen MR) is 111 cm³/mol. The molecular formula is C21H19ClN2O4. The molecule has 1 amide bonds. The summed E-state index contributed by atoms with van der Waals surface area (Å²) in [4.78, 5) is 16.7. The fourth-order valence-electron chi connectivity index (χ4n) is 2.70. The first-order valence-corrected chi connectivity index (χ1v) is 8.77. The SMILES string of the molecule is COc1cc(/C=C/C(=O)Nc2ccc3ccc(Cl)cc3n2)cc(OC)c1OC. The number of aromatic nitrogens is 1. The standard InChI is InChI=1S/C21H19ClN2O4/c1-26-17-10-13(11-18(27-2)21(17)28-3)4-9-20(25)24-19-8-6-14-5-7-15(22)12-16(14)23-19/h4-12H,1-3H3,(H,23,24,25)/b9-4+. The molecule has 1 N–H and O–H groups in total. The lowest BCUT2D eigenvalue weighted by atomic mass is 10.1. The number of carbonyl (C=O) groups is 1. The van der Waals surface area contributed by atoms with Crippen LogP contribution in [0.15, 0.2) is 48.5 Å². The van der Waals surface area contributed by atoms with Crippen molar-refractivity contribution in [1.29, 1.82) is 0 Å². The average Bonchev–Trinajstić information content (AvgIpc) is 2.71. The zero-order valence-electron chi connectivity index (χ0n) is 15.7. The normalized spacial score (nSPS) is 10.9. The average molecular weight is 399 g/mol. The van der Waals surface area contributed by atoms with Crippen molar-refractivity contribution in [3.05, 3.63) is 59.1 Å². The molecule has 0 spiro atoms. The van der Waals surface area contributed by atoms with Crippen LogP contribution in [0.25, 0.3) is 17.0 Å². The van der Waals surface area contributed by atoms with E-state index in [0.717, 1.165) is 10.9 Å². The number of anilines is 1. The lowest BCUT2D eigenvalue weighted by molar-refractivity contribution is -0.111. The molecule has 6 nitrogen and oxygen atoms in total. The summed E-state index contributed by atoms with van der Waals surface area (Å²) >= 11 is 6.00. The van der Waals surface area contributed by atoms with Gasteiger partial charge in [-0.05, 0) is 48.0 Å². The maximum atomic E-state index is 12.3. The van der Waals surface area contributed by atoms with Crippen LogP contribution in [0.1, 0.15) is 5.56 Å². The van der Waals surface area contributed by atoms with Gasteiger partial charge in [-0.2, -0.15) is 0 Å². The van der Waals surface area contributed by atoms with Crippen LogP contribution in [0.4, 0.5) is 5.82 Å². The zero-order chi connectivity index (χ0) is 20.1. The summed E-state index contributed by atoms with van der Waals surface area (Å²) in [6.45, 7) is 0. The molecule has 0 aliphatic heterocycles. The zero-order valence-corrected chi connectivity index (χ0v) is 16.4. The number of nitrogens with one attached hydrogen (secondary N) is 1. The first kappa shape index (κ1) is 19.5. The largest absolute Gasteiger partial charge is 0.493 e. The van der Waals surface area contributed by atoms with Gasteiger partial charge in [-0.3, -0.25) is 4.79 Å². The van der Waals surface area contributed by atoms with E-state index in [1.165, 1.54) is 27.4 Å². The molecule has 0 bridgehead atoms. The predicted octanol–water partition coefficient (Wildman–Crippen LogP) is 4.57. The smallest absolute Gasteiger partial charge is 0.249 e. The number of amides is 1. The maximum Gasteiger partial charge on any atom is 0.249 e. The van der Waals surface area contributed by atoms with E-state index in [9.17, 15) is 4.79 Å². The van der Waals surface area contributed by atoms with E-state index in [0.29, 0.717) is 33.6 Å². The molecule has 0 radical (unpaired) electrons. The Hall–Kier alpha value is -3.25. The Balaban J connectivity index is 1.78. The number of nitrogens with zero attached hydrogens (tertiary/aromatic N) is 1. The minimum absolute atomic E-state index is 0.317. The van der Waals surface area contributed by atoms with Crippen molar-refractivity contribution in [2.75, 3.05) is 26.6 Å². The van der Waals surface area contributed by atoms with Gasteiger partial charge in [0.05, 0.1) is 26.8 Å². The Morgan fingerprint density at radius 2 is 1.68 bits per heavy atom. The fourth-order valence-corrected chi connectivity index (χ4v) is 2.86. The van der Waals surface area contributed by atoms with Crippen molar-refractivity contribution >= 4 is 40.3 Å². The minimum atomic E-state index is -0.317. The molecule has 0 aliphatic rings. The highest BCUT2D eigenvalue weighted by Crippen LogP contribution is 2.38. The van der Waals surface area contributed by atoms with Gasteiger partial charge in [-0.15, -0.1) is 0 Å². The van der Waals surface area contributed by atoms with Gasteiger partial charge in [0.25, 0.3) is 0 Å². The molecule has 28 heavy (non-hydrogen) atoms. The number of benzene rings is 2. The highest BCUT2D eigenvalue weighted by molar-refractivity contribution is 6.31. The molecule has 3 aromatic rings. The van der Waals surface area contributed by atoms with E-state index in [4.69, 9.17) is 25.8 Å². The van der Waals surface area contributed by atoms with E-state index >= 15 is 0 Å². The summed E-state index contributed by atoms with van der Waals surface area (Å²) < 4.78 is 15.9. The van der Waals surface area contributed by atoms with Crippen molar-refractivity contribution in [1.82, 2.24) is 4.98 Å². The summed E-state index contributed by atoms with van der Waals surface area (Å²) in [5.74, 6) is 1.63. The fraction of sp³-hybridized carbons (Fsp3) is 0.143. The second-order valence-corrected chi connectivity index (χ2v) is 6.25. The Morgan fingerprint density at radius 3 is 2.32 bits per heavy atom. The highest BCUT2D eigenvalue weighted by atomic mass is 35.5. The molecule has 1 aromatic heterocycles. The number of rotatable bonds is 6. The highest BCUT2D eigenvalue weighted by Gasteiger charge is 2.12. The lowest BCUT2D eigenvalue weighted by Crippen LogP contribution is -2.09. The summed E-state index contributed by atoms with van der Waals surface area (Å²) in [5.41, 5.74) is 1.43. The van der Waals surface area contributed by atoms with Crippen LogP contribution in [0.5, 0.6) is 17.2 Å². The number of hydrogen-bond donors (Lipinski definition) is 1. The number of hydrogen-bond acceptors (Lipinski definition) is 5. The molecule has 0 atom stereocenters. The van der Waals surface area contributed by atoms with Gasteiger partial charge in [0.1, 0.15) is 5.82 Å². The molecule has 0 saturated carbocycles. The Bertz CT molecular complexity index is 1020. The van der Waals surface area contributed by atoms with Crippen LogP contribution >= 0.6 is 11.6 Å². The van der Waals surface area contributed by atoms with Crippen LogP contribution in [-0.2, 0) is 4.79 Å². The lowest BCUT2D eigenvalue weighted by Gasteiger charge is -2.12. The Kier molecular flexibility index (Phi) is 6.01. The molecule has 0 saturated heterocycles. The van der Waals surface area contributed by atoms with Crippen LogP contribution in [0.3, 0.4) is 0 Å². The summed E-state index contributed by atoms with van der Waals surface area (Å²) in [5, 5.41) is 4.27. The van der Waals surface area contributed by atoms with Gasteiger partial charge >= 0.3 is 0 Å². The molecular weight excluding hydrogens is 380 g/mol. The topological polar surface area (TPSA) is 69.7 Å². The molecule has 144 valence electrons. The first-order chi connectivity index (χ1) is 13.5. The van der Waals surface area contributed by atoms with E-state index in [-0.39, 0.29) is 5.91 Å². The molecule has 0 unspecified atom stereocenters. The van der Waals surface area contributed by atoms with Crippen molar-refractivity contribution in [2.45, 2.75) is 0 Å². The molecule has 0 aliphatic carbocycles. The first-order valence-electron chi connectivity index (χ1n) is 8.39. The van der Waals surface area contributed by atoms with Gasteiger partial charge in [-0.1, -0.05) is 17.7 Å². The number of ether oxygens (including phenoxy) is 3. The second-order valence-electron chi connectivity index (χ2n) is 5.81. The van der Waals surface area contributed by atoms with Crippen LogP contribution in [0, 0.1) is 0 Å². The van der Waals surface area contributed by atoms with Crippen LogP contribution in [-0.4, -0.2) is 32.2 Å². The van der Waals surface area contributed by atoms with Gasteiger partial charge < -0.3 is 19.5 Å². The third kappa shape index (κ3) is 4.35. The van der Waals surface area contributed by atoms with E-state index in [1.54, 1.807) is 36.4 Å². The summed E-state index contributed by atoms with van der Waals surface area (Å²) in [6, 6.07) is 12.5. The van der Waals surface area contributed by atoms with Crippen LogP contribution in [0.2, 0.25) is 5.02 Å². The molecule has 2 aromatic carbocycles. The van der Waals surface area contributed by atoms with Gasteiger partial charge in [0.15, 0.2) is 11.5 Å². The van der Waals surface area contributed by atoms with E-state index in [2.05, 4.69) is 10.3 Å². The van der Waals surface area contributed by atoms with Crippen molar-refractivity contribution in [3.63, 3.8) is 0 Å². The Labute approximate surface area is 167 Å². The minimum Gasteiger partial charge on any atom is -0.493 e. The van der Waals surface area contributed by atoms with E-state index < -0.39 is 0 Å². The third-order valence-electron chi connectivity index (χ3n) is 4.02. The molecule has 0 fully saturated rings. The van der Waals surface area contributed by atoms with Gasteiger partial charge in [0, 0.05) is 16.5 Å². The molecule has 7 heteroatoms. The monoisotopic (exact) mass is 398 g/mol. The maximum absolute atomic E-state index is 12.3. The number of carbonyl (C=O) groups excluding carboxylic acids is 1. The van der Waals surface area contributed by atoms with Crippen molar-refractivity contribution < 1.29 is 19.0 Å². The van der Waals surface area contributed by atoms with Crippen molar-refractivity contribution in [3.8, 4) is 17.2 Å². The van der Waals surface area contributed by atoms with Crippen LogP contribution < -0.4 is 19.5 Å². The Morgan fingerprint density at radius 1 is 1.00 bits per heavy atom. The molecule has 3 rings (SSSR count).